The van der Waals surface area contributed by atoms with Crippen molar-refractivity contribution in [1.29, 1.82) is 0 Å². The van der Waals surface area contributed by atoms with Gasteiger partial charge in [-0.15, -0.1) is 0 Å². The molecule has 0 spiro atoms. The van der Waals surface area contributed by atoms with Gasteiger partial charge in [-0.05, 0) is 75.8 Å². The van der Waals surface area contributed by atoms with Crippen LogP contribution < -0.4 is 5.73 Å². The van der Waals surface area contributed by atoms with Crippen molar-refractivity contribution in [3.63, 3.8) is 0 Å². The van der Waals surface area contributed by atoms with E-state index in [1.165, 1.54) is 6.07 Å². The Morgan fingerprint density at radius 2 is 1.90 bits per heavy atom. The van der Waals surface area contributed by atoms with Crippen LogP contribution in [0.1, 0.15) is 55.6 Å². The molecule has 0 unspecified atom stereocenters. The Labute approximate surface area is 232 Å². The van der Waals surface area contributed by atoms with E-state index in [0.29, 0.717) is 60.3 Å². The zero-order valence-electron chi connectivity index (χ0n) is 23.4. The number of rotatable bonds is 8. The van der Waals surface area contributed by atoms with Gasteiger partial charge in [0.2, 0.25) is 0 Å². The monoisotopic (exact) mass is 548 g/mol. The summed E-state index contributed by atoms with van der Waals surface area (Å²) < 4.78 is 25.2. The van der Waals surface area contributed by atoms with Crippen LogP contribution in [0.15, 0.2) is 30.3 Å². The molecule has 3 aromatic heterocycles. The van der Waals surface area contributed by atoms with Crippen LogP contribution in [0, 0.1) is 11.7 Å². The first kappa shape index (κ1) is 26.9. The van der Waals surface area contributed by atoms with E-state index in [9.17, 15) is 9.90 Å². The number of aliphatic hydroxyl groups is 1. The predicted molar refractivity (Wildman–Crippen MR) is 151 cm³/mol. The Balaban J connectivity index is 1.36. The third kappa shape index (κ3) is 5.00. The predicted octanol–water partition coefficient (Wildman–Crippen LogP) is 3.95. The molecule has 0 atom stereocenters. The number of pyridine rings is 1. The fourth-order valence-corrected chi connectivity index (χ4v) is 5.69. The number of carbonyl (C=O) groups is 1. The average molecular weight is 549 g/mol. The van der Waals surface area contributed by atoms with E-state index >= 15 is 4.39 Å². The number of carbonyl (C=O) groups excluding carboxylic acids is 1. The molecular formula is C30H37FN6O3. The molecule has 40 heavy (non-hydrogen) atoms. The van der Waals surface area contributed by atoms with Crippen LogP contribution >= 0.6 is 0 Å². The summed E-state index contributed by atoms with van der Waals surface area (Å²) >= 11 is 0. The zero-order valence-corrected chi connectivity index (χ0v) is 23.4. The molecule has 1 aromatic carbocycles. The number of nitrogens with two attached hydrogens (primary N) is 1. The molecule has 3 N–H and O–H groups in total. The van der Waals surface area contributed by atoms with Crippen molar-refractivity contribution in [2.75, 3.05) is 26.2 Å². The maximum absolute atomic E-state index is 15.6. The molecule has 0 bridgehead atoms. The Morgan fingerprint density at radius 1 is 1.15 bits per heavy atom. The highest BCUT2D eigenvalue weighted by atomic mass is 19.1. The molecule has 10 heteroatoms. The third-order valence-electron chi connectivity index (χ3n) is 8.11. The van der Waals surface area contributed by atoms with Crippen molar-refractivity contribution in [3.8, 4) is 11.5 Å². The zero-order chi connectivity index (χ0) is 28.2. The number of aromatic nitrogens is 4. The second kappa shape index (κ2) is 10.2. The number of amides is 1. The molecule has 1 saturated heterocycles. The van der Waals surface area contributed by atoms with Gasteiger partial charge in [0.15, 0.2) is 5.82 Å². The fraction of sp³-hybridized carbons (Fsp3) is 0.500. The Morgan fingerprint density at radius 3 is 2.58 bits per heavy atom. The van der Waals surface area contributed by atoms with E-state index < -0.39 is 11.4 Å². The first-order valence-electron chi connectivity index (χ1n) is 14.1. The van der Waals surface area contributed by atoms with E-state index in [2.05, 4.69) is 4.57 Å². The smallest absolute Gasteiger partial charge is 0.254 e. The van der Waals surface area contributed by atoms with Gasteiger partial charge in [-0.2, -0.15) is 0 Å². The topological polar surface area (TPSA) is 111 Å². The summed E-state index contributed by atoms with van der Waals surface area (Å²) in [5, 5.41) is 11.5. The quantitative estimate of drug-likeness (QED) is 0.345. The van der Waals surface area contributed by atoms with Gasteiger partial charge in [-0.1, -0.05) is 0 Å². The van der Waals surface area contributed by atoms with Crippen molar-refractivity contribution in [2.45, 2.75) is 57.8 Å². The molecule has 1 aliphatic carbocycles. The minimum absolute atomic E-state index is 0.0987. The first-order chi connectivity index (χ1) is 19.1. The lowest BCUT2D eigenvalue weighted by Crippen LogP contribution is -2.41. The van der Waals surface area contributed by atoms with E-state index in [-0.39, 0.29) is 12.0 Å². The largest absolute Gasteiger partial charge is 0.384 e. The van der Waals surface area contributed by atoms with Gasteiger partial charge in [0, 0.05) is 44.2 Å². The number of likely N-dealkylation sites (tertiary alicyclic amines) is 1. The van der Waals surface area contributed by atoms with Crippen LogP contribution in [0.3, 0.4) is 0 Å². The molecule has 1 saturated carbocycles. The van der Waals surface area contributed by atoms with E-state index in [4.69, 9.17) is 20.4 Å². The summed E-state index contributed by atoms with van der Waals surface area (Å²) in [4.78, 5) is 24.8. The number of hydrogen-bond donors (Lipinski definition) is 2. The summed E-state index contributed by atoms with van der Waals surface area (Å²) in [5.41, 5.74) is 7.77. The van der Waals surface area contributed by atoms with Gasteiger partial charge in [0.1, 0.15) is 22.6 Å². The van der Waals surface area contributed by atoms with Gasteiger partial charge in [-0.3, -0.25) is 4.79 Å². The van der Waals surface area contributed by atoms with Gasteiger partial charge >= 0.3 is 0 Å². The summed E-state index contributed by atoms with van der Waals surface area (Å²) in [5.74, 6) is 0.495. The SMILES string of the molecule is Cn1c(-c2cc3ccc(C(C)(C)O)nc3n2CC2CC2)nc2cc(C(=O)N3CCC(OCCN)CC3)cc(F)c21. The summed E-state index contributed by atoms with van der Waals surface area (Å²) in [6.07, 6.45) is 3.88. The van der Waals surface area contributed by atoms with Crippen molar-refractivity contribution in [1.82, 2.24) is 24.0 Å². The molecule has 4 aromatic rings. The number of nitrogens with zero attached hydrogens (tertiary/aromatic N) is 5. The van der Waals surface area contributed by atoms with Crippen LogP contribution in [0.5, 0.6) is 0 Å². The average Bonchev–Trinajstić information content (AvgIpc) is 3.59. The number of benzene rings is 1. The molecule has 212 valence electrons. The maximum Gasteiger partial charge on any atom is 0.254 e. The van der Waals surface area contributed by atoms with Crippen molar-refractivity contribution in [3.05, 3.63) is 47.4 Å². The third-order valence-corrected chi connectivity index (χ3v) is 8.11. The molecule has 4 heterocycles. The fourth-order valence-electron chi connectivity index (χ4n) is 5.69. The van der Waals surface area contributed by atoms with Gasteiger partial charge in [0.25, 0.3) is 5.91 Å². The molecule has 1 amide bonds. The molecule has 1 aliphatic heterocycles. The van der Waals surface area contributed by atoms with Crippen molar-refractivity contribution >= 4 is 28.0 Å². The number of halogens is 1. The van der Waals surface area contributed by atoms with Gasteiger partial charge < -0.3 is 29.6 Å². The Hall–Kier alpha value is -3.34. The normalized spacial score (nSPS) is 16.9. The number of aryl methyl sites for hydroxylation is 1. The van der Waals surface area contributed by atoms with E-state index in [1.807, 2.05) is 18.2 Å². The van der Waals surface area contributed by atoms with Crippen molar-refractivity contribution in [2.24, 2.45) is 18.7 Å². The van der Waals surface area contributed by atoms with Gasteiger partial charge in [-0.25, -0.2) is 14.4 Å². The van der Waals surface area contributed by atoms with E-state index in [0.717, 1.165) is 49.0 Å². The van der Waals surface area contributed by atoms with Gasteiger partial charge in [0.05, 0.1) is 29.6 Å². The van der Waals surface area contributed by atoms with Crippen LogP contribution in [0.25, 0.3) is 33.6 Å². The molecular weight excluding hydrogens is 511 g/mol. The number of fused-ring (bicyclic) bond motifs is 2. The Kier molecular flexibility index (Phi) is 6.88. The van der Waals surface area contributed by atoms with Crippen LogP contribution in [-0.2, 0) is 23.9 Å². The minimum Gasteiger partial charge on any atom is -0.384 e. The Bertz CT molecular complexity index is 1570. The van der Waals surface area contributed by atoms with E-state index in [1.54, 1.807) is 36.4 Å². The molecule has 0 radical (unpaired) electrons. The lowest BCUT2D eigenvalue weighted by molar-refractivity contribution is 0.0121. The van der Waals surface area contributed by atoms with Crippen LogP contribution in [0.2, 0.25) is 0 Å². The molecule has 9 nitrogen and oxygen atoms in total. The summed E-state index contributed by atoms with van der Waals surface area (Å²) in [6, 6.07) is 8.85. The summed E-state index contributed by atoms with van der Waals surface area (Å²) in [7, 11) is 1.80. The van der Waals surface area contributed by atoms with Crippen LogP contribution in [-0.4, -0.2) is 67.4 Å². The number of piperidine rings is 1. The molecule has 2 aliphatic rings. The highest BCUT2D eigenvalue weighted by Gasteiger charge is 2.29. The highest BCUT2D eigenvalue weighted by molar-refractivity contribution is 5.98. The van der Waals surface area contributed by atoms with Crippen LogP contribution in [0.4, 0.5) is 4.39 Å². The lowest BCUT2D eigenvalue weighted by atomic mass is 10.0. The lowest BCUT2D eigenvalue weighted by Gasteiger charge is -2.32. The summed E-state index contributed by atoms with van der Waals surface area (Å²) in [6.45, 7) is 6.33. The first-order valence-corrected chi connectivity index (χ1v) is 14.1. The number of imidazole rings is 1. The second-order valence-corrected chi connectivity index (χ2v) is 11.7. The maximum atomic E-state index is 15.6. The second-order valence-electron chi connectivity index (χ2n) is 11.7. The molecule has 6 rings (SSSR count). The molecule has 2 fully saturated rings. The minimum atomic E-state index is -1.07. The number of hydrogen-bond acceptors (Lipinski definition) is 6. The number of ether oxygens (including phenoxy) is 1. The highest BCUT2D eigenvalue weighted by Crippen LogP contribution is 2.37. The van der Waals surface area contributed by atoms with Crippen molar-refractivity contribution < 1.29 is 19.0 Å². The standard InChI is InChI=1S/C30H37FN6O3/c1-30(2,39)25-7-6-19-16-24(37(27(19)34-25)17-18-4-5-18)28-33-23-15-20(14-22(31)26(23)35(28)3)29(38)36-11-8-21(9-12-36)40-13-10-32/h6-7,14-16,18,21,39H,4-5,8-13,17,32H2,1-3H3.